The molecule has 0 amide bonds. The Hall–Kier alpha value is -3.67. The number of sulfone groups is 1. The smallest absolute Gasteiger partial charge is 0.338 e. The molecule has 1 heterocycles. The fraction of sp³-hybridized carbons (Fsp3) is 0.333. The molecule has 1 aliphatic rings. The van der Waals surface area contributed by atoms with Gasteiger partial charge in [-0.25, -0.2) is 18.0 Å². The van der Waals surface area contributed by atoms with Crippen molar-refractivity contribution >= 4 is 33.2 Å². The molecule has 1 N–H and O–H groups in total. The second-order valence-electron chi connectivity index (χ2n) is 7.32. The Bertz CT molecular complexity index is 1220. The van der Waals surface area contributed by atoms with Crippen LogP contribution in [0.3, 0.4) is 0 Å². The lowest BCUT2D eigenvalue weighted by Gasteiger charge is -2.30. The molecule has 11 nitrogen and oxygen atoms in total. The molecular weight excluding hydrogens is 456 g/mol. The first-order valence-electron chi connectivity index (χ1n) is 9.94. The summed E-state index contributed by atoms with van der Waals surface area (Å²) in [6, 6.07) is 5.08. The average molecular weight is 478 g/mol. The summed E-state index contributed by atoms with van der Waals surface area (Å²) in [5, 5.41) is 22.2. The first-order valence-corrected chi connectivity index (χ1v) is 11.4. The highest BCUT2D eigenvalue weighted by Gasteiger charge is 2.35. The van der Waals surface area contributed by atoms with Crippen molar-refractivity contribution in [3.05, 3.63) is 51.6 Å². The topological polar surface area (TPSA) is 153 Å². The number of anilines is 1. The number of piperidine rings is 1. The van der Waals surface area contributed by atoms with E-state index in [0.29, 0.717) is 25.9 Å². The number of hydrogen-bond acceptors (Lipinski definition) is 10. The van der Waals surface area contributed by atoms with Gasteiger partial charge in [-0.3, -0.25) is 10.1 Å². The highest BCUT2D eigenvalue weighted by Crippen LogP contribution is 2.42. The maximum Gasteiger partial charge on any atom is 0.338 e. The first-order chi connectivity index (χ1) is 15.6. The van der Waals surface area contributed by atoms with E-state index in [-0.39, 0.29) is 16.8 Å². The first kappa shape index (κ1) is 24.0. The number of phenolic OH excluding ortho intramolecular Hbond substituents is 1. The molecule has 33 heavy (non-hydrogen) atoms. The van der Waals surface area contributed by atoms with Crippen molar-refractivity contribution in [1.82, 2.24) is 0 Å². The lowest BCUT2D eigenvalue weighted by atomic mass is 10.1. The zero-order valence-corrected chi connectivity index (χ0v) is 18.8. The third kappa shape index (κ3) is 4.60. The molecule has 0 spiro atoms. The van der Waals surface area contributed by atoms with Gasteiger partial charge in [0, 0.05) is 19.2 Å². The fourth-order valence-corrected chi connectivity index (χ4v) is 5.33. The van der Waals surface area contributed by atoms with Crippen LogP contribution in [-0.2, 0) is 19.3 Å². The number of carbonyl (C=O) groups is 2. The van der Waals surface area contributed by atoms with E-state index in [4.69, 9.17) is 0 Å². The van der Waals surface area contributed by atoms with E-state index in [0.717, 1.165) is 44.9 Å². The van der Waals surface area contributed by atoms with Crippen LogP contribution in [0.25, 0.3) is 0 Å². The summed E-state index contributed by atoms with van der Waals surface area (Å²) in [5.74, 6) is -2.47. The highest BCUT2D eigenvalue weighted by atomic mass is 32.2. The molecule has 0 atom stereocenters. The van der Waals surface area contributed by atoms with Crippen LogP contribution in [0.1, 0.15) is 40.0 Å². The van der Waals surface area contributed by atoms with E-state index in [2.05, 4.69) is 9.47 Å². The third-order valence-electron chi connectivity index (χ3n) is 5.30. The molecule has 0 bridgehead atoms. The van der Waals surface area contributed by atoms with Crippen molar-refractivity contribution in [2.24, 2.45) is 0 Å². The Morgan fingerprint density at radius 3 is 2.12 bits per heavy atom. The quantitative estimate of drug-likeness (QED) is 0.372. The Morgan fingerprint density at radius 1 is 0.970 bits per heavy atom. The van der Waals surface area contributed by atoms with Gasteiger partial charge in [0.05, 0.1) is 30.3 Å². The maximum absolute atomic E-state index is 13.7. The van der Waals surface area contributed by atoms with Gasteiger partial charge in [-0.2, -0.15) is 0 Å². The number of esters is 2. The van der Waals surface area contributed by atoms with Crippen molar-refractivity contribution in [1.29, 1.82) is 0 Å². The number of hydrogen-bond donors (Lipinski definition) is 1. The van der Waals surface area contributed by atoms with Gasteiger partial charge >= 0.3 is 11.9 Å². The molecule has 3 rings (SSSR count). The summed E-state index contributed by atoms with van der Waals surface area (Å²) in [4.78, 5) is 35.6. The summed E-state index contributed by atoms with van der Waals surface area (Å²) in [7, 11) is -2.47. The van der Waals surface area contributed by atoms with Crippen LogP contribution in [0.5, 0.6) is 5.75 Å². The number of ether oxygens (including phenoxy) is 2. The summed E-state index contributed by atoms with van der Waals surface area (Å²) < 4.78 is 36.7. The predicted octanol–water partition coefficient (Wildman–Crippen LogP) is 2.70. The highest BCUT2D eigenvalue weighted by molar-refractivity contribution is 7.91. The monoisotopic (exact) mass is 478 g/mol. The van der Waals surface area contributed by atoms with E-state index >= 15 is 0 Å². The number of nitrogens with zero attached hydrogens (tertiary/aromatic N) is 2. The molecule has 0 radical (unpaired) electrons. The minimum atomic E-state index is -4.65. The van der Waals surface area contributed by atoms with Crippen molar-refractivity contribution in [3.8, 4) is 5.75 Å². The van der Waals surface area contributed by atoms with Crippen LogP contribution in [0.15, 0.2) is 40.1 Å². The minimum absolute atomic E-state index is 0.146. The number of nitro benzene ring substituents is 1. The summed E-state index contributed by atoms with van der Waals surface area (Å²) in [6.07, 6.45) is 2.27. The zero-order chi connectivity index (χ0) is 24.3. The summed E-state index contributed by atoms with van der Waals surface area (Å²) in [5.41, 5.74) is -1.25. The Morgan fingerprint density at radius 2 is 1.55 bits per heavy atom. The van der Waals surface area contributed by atoms with E-state index in [9.17, 15) is 33.2 Å². The van der Waals surface area contributed by atoms with Crippen LogP contribution in [0.4, 0.5) is 11.4 Å². The third-order valence-corrected chi connectivity index (χ3v) is 7.10. The van der Waals surface area contributed by atoms with Crippen LogP contribution >= 0.6 is 0 Å². The lowest BCUT2D eigenvalue weighted by Crippen LogP contribution is -2.31. The number of phenols is 1. The number of nitro groups is 1. The SMILES string of the molecule is COC(=O)c1ccc(O)c(S(=O)(=O)c2cc(C(=O)OC)cc([N+](=O)[O-])c2N2CCCCC2)c1. The molecule has 1 aliphatic heterocycles. The number of carbonyl (C=O) groups excluding carboxylic acids is 2. The summed E-state index contributed by atoms with van der Waals surface area (Å²) >= 11 is 0. The van der Waals surface area contributed by atoms with E-state index in [1.165, 1.54) is 6.07 Å². The standard InChI is InChI=1S/C21H22N2O9S/c1-31-20(25)13-6-7-16(24)17(11-13)33(29,30)18-12-14(21(26)32-2)10-15(23(27)28)19(18)22-8-4-3-5-9-22/h6-7,10-12,24H,3-5,8-9H2,1-2H3. The average Bonchev–Trinajstić information content (AvgIpc) is 2.82. The molecule has 2 aromatic rings. The fourth-order valence-electron chi connectivity index (χ4n) is 3.70. The van der Waals surface area contributed by atoms with Gasteiger partial charge in [0.25, 0.3) is 5.69 Å². The van der Waals surface area contributed by atoms with Crippen LogP contribution in [0.2, 0.25) is 0 Å². The van der Waals surface area contributed by atoms with Gasteiger partial charge in [0.1, 0.15) is 21.2 Å². The molecule has 0 saturated carbocycles. The van der Waals surface area contributed by atoms with Crippen molar-refractivity contribution in [3.63, 3.8) is 0 Å². The number of rotatable bonds is 6. The van der Waals surface area contributed by atoms with Gasteiger partial charge < -0.3 is 19.5 Å². The molecule has 1 saturated heterocycles. The van der Waals surface area contributed by atoms with Crippen LogP contribution in [-0.4, -0.2) is 57.7 Å². The summed E-state index contributed by atoms with van der Waals surface area (Å²) in [6.45, 7) is 0.740. The Labute approximate surface area is 189 Å². The van der Waals surface area contributed by atoms with E-state index in [1.54, 1.807) is 4.90 Å². The molecule has 2 aromatic carbocycles. The van der Waals surface area contributed by atoms with Crippen LogP contribution < -0.4 is 4.90 Å². The van der Waals surface area contributed by atoms with E-state index < -0.39 is 47.9 Å². The van der Waals surface area contributed by atoms with Crippen LogP contribution in [0, 0.1) is 10.1 Å². The predicted molar refractivity (Wildman–Crippen MR) is 115 cm³/mol. The molecule has 176 valence electrons. The minimum Gasteiger partial charge on any atom is -0.507 e. The zero-order valence-electron chi connectivity index (χ0n) is 17.9. The van der Waals surface area contributed by atoms with Crippen molar-refractivity contribution in [2.75, 3.05) is 32.2 Å². The molecule has 0 aromatic heterocycles. The van der Waals surface area contributed by atoms with Gasteiger partial charge in [-0.1, -0.05) is 0 Å². The molecule has 12 heteroatoms. The number of benzene rings is 2. The van der Waals surface area contributed by atoms with Gasteiger partial charge in [-0.15, -0.1) is 0 Å². The van der Waals surface area contributed by atoms with Crippen molar-refractivity contribution < 1.29 is 37.5 Å². The van der Waals surface area contributed by atoms with E-state index in [1.807, 2.05) is 0 Å². The Kier molecular flexibility index (Phi) is 6.86. The normalized spacial score (nSPS) is 13.9. The molecule has 1 fully saturated rings. The van der Waals surface area contributed by atoms with Gasteiger partial charge in [0.15, 0.2) is 0 Å². The second-order valence-corrected chi connectivity index (χ2v) is 9.20. The largest absolute Gasteiger partial charge is 0.507 e. The van der Waals surface area contributed by atoms with Crippen molar-refractivity contribution in [2.45, 2.75) is 29.1 Å². The Balaban J connectivity index is 2.36. The maximum atomic E-state index is 13.7. The van der Waals surface area contributed by atoms with Gasteiger partial charge in [-0.05, 0) is 43.5 Å². The number of methoxy groups -OCH3 is 2. The lowest BCUT2D eigenvalue weighted by molar-refractivity contribution is -0.384. The van der Waals surface area contributed by atoms with Gasteiger partial charge in [0.2, 0.25) is 9.84 Å². The second kappa shape index (κ2) is 9.45. The molecule has 0 unspecified atom stereocenters. The molecular formula is C21H22N2O9S. The molecule has 0 aliphatic carbocycles. The number of aromatic hydroxyl groups is 1.